The molecule has 1 aliphatic carbocycles. The first-order valence-electron chi connectivity index (χ1n) is 8.65. The molecule has 4 nitrogen and oxygen atoms in total. The quantitative estimate of drug-likeness (QED) is 0.816. The lowest BCUT2D eigenvalue weighted by molar-refractivity contribution is -0.152. The second-order valence-electron chi connectivity index (χ2n) is 6.72. The number of carbonyl (C=O) groups excluding carboxylic acids is 1. The molecule has 0 aromatic carbocycles. The minimum absolute atomic E-state index is 0.0162. The van der Waals surface area contributed by atoms with E-state index in [0.717, 1.165) is 44.9 Å². The monoisotopic (exact) mass is 295 g/mol. The molecule has 1 saturated heterocycles. The standard InChI is InChI=1S/C17H29NO3/c1-3-7-12(8-4-2)16(19)18-14-10-6-5-9-13(14)11-15(18)17(20)21/h12-15H,3-11H2,1-2H3,(H,20,21). The summed E-state index contributed by atoms with van der Waals surface area (Å²) in [5, 5.41) is 9.53. The van der Waals surface area contributed by atoms with Gasteiger partial charge in [-0.05, 0) is 38.0 Å². The van der Waals surface area contributed by atoms with Crippen LogP contribution in [0, 0.1) is 11.8 Å². The number of carboxylic acids is 1. The topological polar surface area (TPSA) is 57.6 Å². The van der Waals surface area contributed by atoms with Crippen LogP contribution in [0.2, 0.25) is 0 Å². The average molecular weight is 295 g/mol. The molecule has 0 aromatic rings. The first-order chi connectivity index (χ1) is 10.1. The van der Waals surface area contributed by atoms with Crippen molar-refractivity contribution in [2.24, 2.45) is 11.8 Å². The Balaban J connectivity index is 2.19. The molecule has 0 bridgehead atoms. The van der Waals surface area contributed by atoms with Gasteiger partial charge in [-0.3, -0.25) is 4.79 Å². The molecular formula is C17H29NO3. The zero-order valence-electron chi connectivity index (χ0n) is 13.4. The zero-order chi connectivity index (χ0) is 15.4. The molecule has 21 heavy (non-hydrogen) atoms. The van der Waals surface area contributed by atoms with E-state index in [1.165, 1.54) is 6.42 Å². The molecule has 3 unspecified atom stereocenters. The van der Waals surface area contributed by atoms with E-state index >= 15 is 0 Å². The zero-order valence-corrected chi connectivity index (χ0v) is 13.4. The van der Waals surface area contributed by atoms with Crippen molar-refractivity contribution >= 4 is 11.9 Å². The first-order valence-corrected chi connectivity index (χ1v) is 8.65. The number of carboxylic acid groups (broad SMARTS) is 1. The smallest absolute Gasteiger partial charge is 0.326 e. The molecule has 1 heterocycles. The van der Waals surface area contributed by atoms with Crippen molar-refractivity contribution < 1.29 is 14.7 Å². The Morgan fingerprint density at radius 1 is 1.14 bits per heavy atom. The number of hydrogen-bond donors (Lipinski definition) is 1. The van der Waals surface area contributed by atoms with Crippen molar-refractivity contribution in [2.75, 3.05) is 0 Å². The first kappa shape index (κ1) is 16.3. The van der Waals surface area contributed by atoms with Crippen molar-refractivity contribution in [2.45, 2.75) is 83.7 Å². The van der Waals surface area contributed by atoms with Crippen LogP contribution in [-0.2, 0) is 9.59 Å². The van der Waals surface area contributed by atoms with E-state index in [0.29, 0.717) is 12.3 Å². The van der Waals surface area contributed by atoms with Crippen LogP contribution in [-0.4, -0.2) is 34.0 Å². The molecule has 0 spiro atoms. The summed E-state index contributed by atoms with van der Waals surface area (Å²) in [5.41, 5.74) is 0. The number of nitrogens with zero attached hydrogens (tertiary/aromatic N) is 1. The van der Waals surface area contributed by atoms with E-state index in [2.05, 4.69) is 13.8 Å². The summed E-state index contributed by atoms with van der Waals surface area (Å²) in [6.07, 6.45) is 8.78. The third-order valence-electron chi connectivity index (χ3n) is 5.25. The van der Waals surface area contributed by atoms with E-state index in [4.69, 9.17) is 0 Å². The van der Waals surface area contributed by atoms with Crippen LogP contribution >= 0.6 is 0 Å². The Hall–Kier alpha value is -1.06. The maximum absolute atomic E-state index is 13.0. The van der Waals surface area contributed by atoms with Crippen LogP contribution in [0.25, 0.3) is 0 Å². The summed E-state index contributed by atoms with van der Waals surface area (Å²) in [4.78, 5) is 26.3. The van der Waals surface area contributed by atoms with Gasteiger partial charge in [-0.25, -0.2) is 4.79 Å². The lowest BCUT2D eigenvalue weighted by Crippen LogP contribution is -2.48. The third-order valence-corrected chi connectivity index (χ3v) is 5.25. The van der Waals surface area contributed by atoms with Crippen LogP contribution in [0.1, 0.15) is 71.6 Å². The number of carbonyl (C=O) groups is 2. The number of hydrogen-bond acceptors (Lipinski definition) is 2. The molecule has 0 aromatic heterocycles. The fourth-order valence-electron chi connectivity index (χ4n) is 4.30. The number of amides is 1. The number of rotatable bonds is 6. The van der Waals surface area contributed by atoms with Gasteiger partial charge in [0.05, 0.1) is 0 Å². The molecule has 2 rings (SSSR count). The molecule has 1 saturated carbocycles. The summed E-state index contributed by atoms with van der Waals surface area (Å²) in [6, 6.07) is -0.398. The highest BCUT2D eigenvalue weighted by molar-refractivity contribution is 5.86. The van der Waals surface area contributed by atoms with Crippen LogP contribution < -0.4 is 0 Å². The van der Waals surface area contributed by atoms with Gasteiger partial charge in [0.15, 0.2) is 0 Å². The minimum Gasteiger partial charge on any atom is -0.480 e. The summed E-state index contributed by atoms with van der Waals surface area (Å²) in [7, 11) is 0. The summed E-state index contributed by atoms with van der Waals surface area (Å²) in [5.74, 6) is -0.278. The fourth-order valence-corrected chi connectivity index (χ4v) is 4.30. The van der Waals surface area contributed by atoms with Gasteiger partial charge in [-0.1, -0.05) is 39.5 Å². The largest absolute Gasteiger partial charge is 0.480 e. The molecule has 1 N–H and O–H groups in total. The maximum Gasteiger partial charge on any atom is 0.326 e. The van der Waals surface area contributed by atoms with Crippen LogP contribution in [0.4, 0.5) is 0 Å². The van der Waals surface area contributed by atoms with Crippen LogP contribution in [0.3, 0.4) is 0 Å². The van der Waals surface area contributed by atoms with Gasteiger partial charge >= 0.3 is 5.97 Å². The SMILES string of the molecule is CCCC(CCC)C(=O)N1C(C(=O)O)CC2CCCCC21. The van der Waals surface area contributed by atoms with Crippen molar-refractivity contribution in [3.63, 3.8) is 0 Å². The van der Waals surface area contributed by atoms with Crippen molar-refractivity contribution in [1.82, 2.24) is 4.90 Å². The Kier molecular flexibility index (Phi) is 5.65. The average Bonchev–Trinajstić information content (AvgIpc) is 2.86. The highest BCUT2D eigenvalue weighted by Gasteiger charge is 2.48. The Labute approximate surface area is 127 Å². The van der Waals surface area contributed by atoms with Crippen LogP contribution in [0.15, 0.2) is 0 Å². The van der Waals surface area contributed by atoms with E-state index in [9.17, 15) is 14.7 Å². The summed E-state index contributed by atoms with van der Waals surface area (Å²) < 4.78 is 0. The lowest BCUT2D eigenvalue weighted by atomic mass is 9.84. The van der Waals surface area contributed by atoms with E-state index < -0.39 is 12.0 Å². The Morgan fingerprint density at radius 2 is 1.76 bits per heavy atom. The molecule has 2 fully saturated rings. The summed E-state index contributed by atoms with van der Waals surface area (Å²) in [6.45, 7) is 4.19. The normalized spacial score (nSPS) is 28.7. The molecular weight excluding hydrogens is 266 g/mol. The van der Waals surface area contributed by atoms with Gasteiger partial charge in [0, 0.05) is 12.0 Å². The number of aliphatic carboxylic acids is 1. The molecule has 120 valence electrons. The maximum atomic E-state index is 13.0. The highest BCUT2D eigenvalue weighted by Crippen LogP contribution is 2.41. The second-order valence-corrected chi connectivity index (χ2v) is 6.72. The van der Waals surface area contributed by atoms with E-state index in [1.54, 1.807) is 4.90 Å². The number of likely N-dealkylation sites (tertiary alicyclic amines) is 1. The number of fused-ring (bicyclic) bond motifs is 1. The van der Waals surface area contributed by atoms with Gasteiger partial charge in [-0.15, -0.1) is 0 Å². The predicted molar refractivity (Wildman–Crippen MR) is 81.9 cm³/mol. The van der Waals surface area contributed by atoms with Crippen molar-refractivity contribution in [1.29, 1.82) is 0 Å². The lowest BCUT2D eigenvalue weighted by Gasteiger charge is -2.35. The van der Waals surface area contributed by atoms with Crippen molar-refractivity contribution in [3.05, 3.63) is 0 Å². The van der Waals surface area contributed by atoms with Gasteiger partial charge in [-0.2, -0.15) is 0 Å². The third kappa shape index (κ3) is 3.41. The van der Waals surface area contributed by atoms with Gasteiger partial charge < -0.3 is 10.0 Å². The van der Waals surface area contributed by atoms with Crippen molar-refractivity contribution in [3.8, 4) is 0 Å². The minimum atomic E-state index is -0.815. The van der Waals surface area contributed by atoms with Gasteiger partial charge in [0.25, 0.3) is 0 Å². The van der Waals surface area contributed by atoms with E-state index in [1.807, 2.05) is 0 Å². The Bertz CT molecular complexity index is 376. The molecule has 1 amide bonds. The van der Waals surface area contributed by atoms with Crippen LogP contribution in [0.5, 0.6) is 0 Å². The Morgan fingerprint density at radius 3 is 2.33 bits per heavy atom. The molecule has 1 aliphatic heterocycles. The van der Waals surface area contributed by atoms with E-state index in [-0.39, 0.29) is 17.9 Å². The molecule has 4 heteroatoms. The van der Waals surface area contributed by atoms with Gasteiger partial charge in [0.1, 0.15) is 6.04 Å². The summed E-state index contributed by atoms with van der Waals surface area (Å²) >= 11 is 0. The molecule has 0 radical (unpaired) electrons. The predicted octanol–water partition coefficient (Wildman–Crippen LogP) is 3.45. The second kappa shape index (κ2) is 7.28. The highest BCUT2D eigenvalue weighted by atomic mass is 16.4. The fraction of sp³-hybridized carbons (Fsp3) is 0.882. The molecule has 3 atom stereocenters. The molecule has 2 aliphatic rings. The van der Waals surface area contributed by atoms with Gasteiger partial charge in [0.2, 0.25) is 5.91 Å².